The van der Waals surface area contributed by atoms with Crippen LogP contribution >= 0.6 is 11.3 Å². The van der Waals surface area contributed by atoms with Crippen molar-refractivity contribution in [3.8, 4) is 5.75 Å². The summed E-state index contributed by atoms with van der Waals surface area (Å²) in [6.45, 7) is 2.92. The van der Waals surface area contributed by atoms with Gasteiger partial charge in [-0.1, -0.05) is 23.8 Å². The SMILES string of the molecule is Cc1ccc(OCc2nc(C(=O)NCCc3ccccn3)cs2)cc1. The number of thiazole rings is 1. The molecule has 3 rings (SSSR count). The van der Waals surface area contributed by atoms with Crippen LogP contribution in [0.5, 0.6) is 5.75 Å². The summed E-state index contributed by atoms with van der Waals surface area (Å²) >= 11 is 1.42. The van der Waals surface area contributed by atoms with Gasteiger partial charge in [0, 0.05) is 30.2 Å². The lowest BCUT2D eigenvalue weighted by Gasteiger charge is -2.04. The maximum atomic E-state index is 12.1. The van der Waals surface area contributed by atoms with Crippen molar-refractivity contribution in [3.05, 3.63) is 76.0 Å². The Bertz CT molecular complexity index is 816. The van der Waals surface area contributed by atoms with E-state index in [1.54, 1.807) is 11.6 Å². The fraction of sp³-hybridized carbons (Fsp3) is 0.211. The van der Waals surface area contributed by atoms with Gasteiger partial charge in [0.2, 0.25) is 0 Å². The first-order chi connectivity index (χ1) is 12.2. The smallest absolute Gasteiger partial charge is 0.270 e. The van der Waals surface area contributed by atoms with Crippen LogP contribution in [0.3, 0.4) is 0 Å². The van der Waals surface area contributed by atoms with Crippen LogP contribution in [0.1, 0.15) is 26.8 Å². The van der Waals surface area contributed by atoms with Gasteiger partial charge in [-0.25, -0.2) is 4.98 Å². The zero-order valence-electron chi connectivity index (χ0n) is 13.9. The van der Waals surface area contributed by atoms with E-state index in [9.17, 15) is 4.79 Å². The Kier molecular flexibility index (Phi) is 5.74. The summed E-state index contributed by atoms with van der Waals surface area (Å²) in [5.74, 6) is 0.621. The van der Waals surface area contributed by atoms with Crippen LogP contribution in [0.2, 0.25) is 0 Å². The number of nitrogens with zero attached hydrogens (tertiary/aromatic N) is 2. The second-order valence-corrected chi connectivity index (χ2v) is 6.50. The molecule has 0 saturated heterocycles. The number of hydrogen-bond donors (Lipinski definition) is 1. The molecule has 0 aliphatic rings. The van der Waals surface area contributed by atoms with Gasteiger partial charge in [-0.3, -0.25) is 9.78 Å². The molecule has 2 heterocycles. The maximum absolute atomic E-state index is 12.1. The molecule has 0 saturated carbocycles. The number of hydrogen-bond acceptors (Lipinski definition) is 5. The number of nitrogens with one attached hydrogen (secondary N) is 1. The highest BCUT2D eigenvalue weighted by atomic mass is 32.1. The molecule has 5 nitrogen and oxygen atoms in total. The van der Waals surface area contributed by atoms with E-state index in [0.29, 0.717) is 25.3 Å². The molecule has 1 aromatic carbocycles. The number of ether oxygens (including phenoxy) is 1. The van der Waals surface area contributed by atoms with Crippen molar-refractivity contribution >= 4 is 17.2 Å². The van der Waals surface area contributed by atoms with E-state index in [-0.39, 0.29) is 5.91 Å². The second kappa shape index (κ2) is 8.39. The summed E-state index contributed by atoms with van der Waals surface area (Å²) < 4.78 is 5.69. The standard InChI is InChI=1S/C19H19N3O2S/c1-14-5-7-16(8-6-14)24-12-18-22-17(13-25-18)19(23)21-11-9-15-4-2-3-10-20-15/h2-8,10,13H,9,11-12H2,1H3,(H,21,23). The highest BCUT2D eigenvalue weighted by molar-refractivity contribution is 7.09. The molecule has 0 bridgehead atoms. The highest BCUT2D eigenvalue weighted by Crippen LogP contribution is 2.16. The topological polar surface area (TPSA) is 64.1 Å². The van der Waals surface area contributed by atoms with Gasteiger partial charge >= 0.3 is 0 Å². The molecule has 3 aromatic rings. The third-order valence-corrected chi connectivity index (χ3v) is 4.38. The zero-order valence-corrected chi connectivity index (χ0v) is 14.8. The molecule has 0 radical (unpaired) electrons. The zero-order chi connectivity index (χ0) is 17.5. The van der Waals surface area contributed by atoms with Gasteiger partial charge < -0.3 is 10.1 Å². The molecule has 0 aliphatic heterocycles. The van der Waals surface area contributed by atoms with Gasteiger partial charge in [0.25, 0.3) is 5.91 Å². The molecule has 1 amide bonds. The van der Waals surface area contributed by atoms with Crippen molar-refractivity contribution in [2.24, 2.45) is 0 Å². The Balaban J connectivity index is 1.47. The van der Waals surface area contributed by atoms with Crippen molar-refractivity contribution in [1.82, 2.24) is 15.3 Å². The normalized spacial score (nSPS) is 10.4. The Morgan fingerprint density at radius 3 is 2.80 bits per heavy atom. The molecule has 0 unspecified atom stereocenters. The van der Waals surface area contributed by atoms with Gasteiger partial charge in [-0.2, -0.15) is 0 Å². The lowest BCUT2D eigenvalue weighted by Crippen LogP contribution is -2.26. The molecule has 0 spiro atoms. The van der Waals surface area contributed by atoms with E-state index < -0.39 is 0 Å². The minimum absolute atomic E-state index is 0.172. The number of rotatable bonds is 7. The summed E-state index contributed by atoms with van der Waals surface area (Å²) in [5.41, 5.74) is 2.56. The van der Waals surface area contributed by atoms with E-state index in [2.05, 4.69) is 15.3 Å². The molecule has 0 atom stereocenters. The molecular weight excluding hydrogens is 334 g/mol. The number of aromatic nitrogens is 2. The molecule has 0 aliphatic carbocycles. The number of amides is 1. The largest absolute Gasteiger partial charge is 0.486 e. The van der Waals surface area contributed by atoms with Crippen molar-refractivity contribution in [2.45, 2.75) is 20.0 Å². The van der Waals surface area contributed by atoms with Crippen LogP contribution in [0.15, 0.2) is 54.0 Å². The quantitative estimate of drug-likeness (QED) is 0.707. The summed E-state index contributed by atoms with van der Waals surface area (Å²) in [6.07, 6.45) is 2.44. The first-order valence-electron chi connectivity index (χ1n) is 8.03. The van der Waals surface area contributed by atoms with Crippen LogP contribution < -0.4 is 10.1 Å². The summed E-state index contributed by atoms with van der Waals surface area (Å²) in [5, 5.41) is 5.39. The molecular formula is C19H19N3O2S. The van der Waals surface area contributed by atoms with Crippen LogP contribution in [0.4, 0.5) is 0 Å². The van der Waals surface area contributed by atoms with Crippen molar-refractivity contribution < 1.29 is 9.53 Å². The van der Waals surface area contributed by atoms with E-state index in [1.165, 1.54) is 16.9 Å². The predicted octanol–water partition coefficient (Wildman–Crippen LogP) is 3.40. The number of aryl methyl sites for hydroxylation is 1. The molecule has 6 heteroatoms. The Hall–Kier alpha value is -2.73. The summed E-state index contributed by atoms with van der Waals surface area (Å²) in [4.78, 5) is 20.7. The minimum Gasteiger partial charge on any atom is -0.486 e. The third-order valence-electron chi connectivity index (χ3n) is 3.56. The number of carbonyl (C=O) groups excluding carboxylic acids is 1. The average Bonchev–Trinajstić information content (AvgIpc) is 3.11. The lowest BCUT2D eigenvalue weighted by molar-refractivity contribution is 0.0949. The van der Waals surface area contributed by atoms with Gasteiger partial charge in [-0.05, 0) is 31.2 Å². The maximum Gasteiger partial charge on any atom is 0.270 e. The first-order valence-corrected chi connectivity index (χ1v) is 8.90. The van der Waals surface area contributed by atoms with Crippen molar-refractivity contribution in [3.63, 3.8) is 0 Å². The summed E-state index contributed by atoms with van der Waals surface area (Å²) in [6, 6.07) is 13.6. The number of benzene rings is 1. The van der Waals surface area contributed by atoms with Crippen molar-refractivity contribution in [1.29, 1.82) is 0 Å². The van der Waals surface area contributed by atoms with E-state index >= 15 is 0 Å². The van der Waals surface area contributed by atoms with E-state index in [1.807, 2.05) is 49.4 Å². The average molecular weight is 353 g/mol. The number of carbonyl (C=O) groups is 1. The minimum atomic E-state index is -0.172. The van der Waals surface area contributed by atoms with Gasteiger partial charge in [0.05, 0.1) is 0 Å². The third kappa shape index (κ3) is 5.12. The van der Waals surface area contributed by atoms with Crippen LogP contribution in [0, 0.1) is 6.92 Å². The summed E-state index contributed by atoms with van der Waals surface area (Å²) in [7, 11) is 0. The van der Waals surface area contributed by atoms with E-state index in [0.717, 1.165) is 16.5 Å². The molecule has 128 valence electrons. The number of pyridine rings is 1. The second-order valence-electron chi connectivity index (χ2n) is 5.56. The van der Waals surface area contributed by atoms with Gasteiger partial charge in [0.1, 0.15) is 23.1 Å². The van der Waals surface area contributed by atoms with E-state index in [4.69, 9.17) is 4.74 Å². The van der Waals surface area contributed by atoms with Gasteiger partial charge in [0.15, 0.2) is 0 Å². The Morgan fingerprint density at radius 1 is 1.20 bits per heavy atom. The monoisotopic (exact) mass is 353 g/mol. The van der Waals surface area contributed by atoms with Crippen LogP contribution in [-0.4, -0.2) is 22.4 Å². The van der Waals surface area contributed by atoms with Crippen LogP contribution in [-0.2, 0) is 13.0 Å². The van der Waals surface area contributed by atoms with Crippen LogP contribution in [0.25, 0.3) is 0 Å². The fourth-order valence-corrected chi connectivity index (χ4v) is 2.89. The first kappa shape index (κ1) is 17.1. The highest BCUT2D eigenvalue weighted by Gasteiger charge is 2.10. The molecule has 1 N–H and O–H groups in total. The Morgan fingerprint density at radius 2 is 2.04 bits per heavy atom. The fourth-order valence-electron chi connectivity index (χ4n) is 2.20. The molecule has 0 fully saturated rings. The molecule has 25 heavy (non-hydrogen) atoms. The Labute approximate surface area is 150 Å². The predicted molar refractivity (Wildman–Crippen MR) is 97.9 cm³/mol. The molecule has 2 aromatic heterocycles. The van der Waals surface area contributed by atoms with Gasteiger partial charge in [-0.15, -0.1) is 11.3 Å². The van der Waals surface area contributed by atoms with Crippen molar-refractivity contribution in [2.75, 3.05) is 6.54 Å². The lowest BCUT2D eigenvalue weighted by atomic mass is 10.2.